The summed E-state index contributed by atoms with van der Waals surface area (Å²) in [4.78, 5) is 23.7. The normalized spacial score (nSPS) is 10.9. The fraction of sp³-hybridized carbons (Fsp3) is 0.368. The zero-order chi connectivity index (χ0) is 17.7. The number of rotatable bonds is 7. The average molecular weight is 393 g/mol. The number of hydrogen-bond donors (Lipinski definition) is 0. The van der Waals surface area contributed by atoms with Crippen LogP contribution in [0, 0.1) is 5.92 Å². The van der Waals surface area contributed by atoms with Crippen LogP contribution in [0.4, 0.5) is 0 Å². The molecule has 4 nitrogen and oxygen atoms in total. The van der Waals surface area contributed by atoms with Gasteiger partial charge in [-0.05, 0) is 18.4 Å². The number of benzene rings is 2. The third kappa shape index (κ3) is 4.35. The van der Waals surface area contributed by atoms with E-state index in [0.717, 1.165) is 17.2 Å². The highest BCUT2D eigenvalue weighted by Crippen LogP contribution is 2.37. The summed E-state index contributed by atoms with van der Waals surface area (Å²) in [5.74, 6) is 0.886. The Hall–Kier alpha value is -1.88. The number of ketones is 1. The van der Waals surface area contributed by atoms with E-state index in [-0.39, 0.29) is 11.1 Å². The van der Waals surface area contributed by atoms with Crippen molar-refractivity contribution in [3.63, 3.8) is 0 Å². The van der Waals surface area contributed by atoms with Gasteiger partial charge in [-0.3, -0.25) is 9.59 Å². The molecule has 0 fully saturated rings. The number of hydrogen-bond acceptors (Lipinski definition) is 4. The van der Waals surface area contributed by atoms with Gasteiger partial charge in [-0.2, -0.15) is 0 Å². The highest BCUT2D eigenvalue weighted by molar-refractivity contribution is 9.09. The molecule has 0 spiro atoms. The van der Waals surface area contributed by atoms with E-state index in [2.05, 4.69) is 29.8 Å². The molecule has 0 unspecified atom stereocenters. The van der Waals surface area contributed by atoms with Crippen molar-refractivity contribution in [2.24, 2.45) is 5.92 Å². The van der Waals surface area contributed by atoms with Gasteiger partial charge in [-0.15, -0.1) is 0 Å². The lowest BCUT2D eigenvalue weighted by atomic mass is 10.0. The summed E-state index contributed by atoms with van der Waals surface area (Å²) >= 11 is 3.20. The molecule has 0 saturated carbocycles. The highest BCUT2D eigenvalue weighted by atomic mass is 79.9. The molecule has 0 saturated heterocycles. The minimum Gasteiger partial charge on any atom is -0.492 e. The maximum absolute atomic E-state index is 12.3. The first-order chi connectivity index (χ1) is 11.4. The van der Waals surface area contributed by atoms with E-state index in [0.29, 0.717) is 29.6 Å². The van der Waals surface area contributed by atoms with Crippen LogP contribution in [0.1, 0.15) is 37.6 Å². The maximum Gasteiger partial charge on any atom is 0.308 e. The molecule has 0 heterocycles. The summed E-state index contributed by atoms with van der Waals surface area (Å²) in [5, 5.41) is 1.69. The predicted molar refractivity (Wildman–Crippen MR) is 98.3 cm³/mol. The van der Waals surface area contributed by atoms with Crippen LogP contribution in [0.2, 0.25) is 0 Å². The highest BCUT2D eigenvalue weighted by Gasteiger charge is 2.19. The summed E-state index contributed by atoms with van der Waals surface area (Å²) in [6.07, 6.45) is 0.891. The van der Waals surface area contributed by atoms with Crippen molar-refractivity contribution in [3.05, 3.63) is 35.9 Å². The molecule has 0 aliphatic rings. The summed E-state index contributed by atoms with van der Waals surface area (Å²) in [5.41, 5.74) is 0.422. The molecule has 0 aliphatic carbocycles. The first-order valence-corrected chi connectivity index (χ1v) is 9.02. The Kier molecular flexibility index (Phi) is 6.37. The van der Waals surface area contributed by atoms with Gasteiger partial charge in [0, 0.05) is 17.7 Å². The molecule has 2 aromatic rings. The molecule has 0 N–H and O–H groups in total. The zero-order valence-corrected chi connectivity index (χ0v) is 15.7. The topological polar surface area (TPSA) is 52.6 Å². The number of ether oxygens (including phenoxy) is 2. The van der Waals surface area contributed by atoms with E-state index < -0.39 is 5.97 Å². The number of alkyl halides is 1. The summed E-state index contributed by atoms with van der Waals surface area (Å²) < 4.78 is 11.3. The Morgan fingerprint density at radius 1 is 1.17 bits per heavy atom. The van der Waals surface area contributed by atoms with Crippen molar-refractivity contribution in [1.82, 2.24) is 0 Å². The number of esters is 1. The lowest BCUT2D eigenvalue weighted by Gasteiger charge is -2.16. The van der Waals surface area contributed by atoms with E-state index in [1.54, 1.807) is 6.07 Å². The SMILES string of the molecule is CC(=O)Oc1cc(C(=O)CBr)c(OCCC(C)C)c2ccccc12. The Morgan fingerprint density at radius 3 is 2.42 bits per heavy atom. The molecular formula is C19H21BrO4. The van der Waals surface area contributed by atoms with Gasteiger partial charge in [0.1, 0.15) is 11.5 Å². The van der Waals surface area contributed by atoms with Crippen LogP contribution < -0.4 is 9.47 Å². The molecule has 0 aliphatic heterocycles. The fourth-order valence-corrected chi connectivity index (χ4v) is 2.69. The summed E-state index contributed by atoms with van der Waals surface area (Å²) in [6.45, 7) is 6.11. The molecule has 2 rings (SSSR count). The van der Waals surface area contributed by atoms with Gasteiger partial charge in [0.25, 0.3) is 0 Å². The van der Waals surface area contributed by atoms with E-state index in [1.807, 2.05) is 24.3 Å². The number of halogens is 1. The van der Waals surface area contributed by atoms with Crippen molar-refractivity contribution < 1.29 is 19.1 Å². The first kappa shape index (κ1) is 18.5. The van der Waals surface area contributed by atoms with Crippen LogP contribution in [0.3, 0.4) is 0 Å². The third-order valence-electron chi connectivity index (χ3n) is 3.57. The Balaban J connectivity index is 2.59. The maximum atomic E-state index is 12.3. The van der Waals surface area contributed by atoms with Crippen molar-refractivity contribution in [1.29, 1.82) is 0 Å². The third-order valence-corrected chi connectivity index (χ3v) is 4.08. The van der Waals surface area contributed by atoms with Crippen LogP contribution in [0.25, 0.3) is 10.8 Å². The Bertz CT molecular complexity index is 752. The van der Waals surface area contributed by atoms with Crippen LogP contribution in [-0.2, 0) is 4.79 Å². The Labute approximate surface area is 150 Å². The standard InChI is InChI=1S/C19H21BrO4/c1-12(2)8-9-23-19-15-7-5-4-6-14(15)18(24-13(3)21)10-16(19)17(22)11-20/h4-7,10,12H,8-9,11H2,1-3H3. The fourth-order valence-electron chi connectivity index (χ4n) is 2.39. The number of Topliss-reactive ketones (excluding diaryl/α,β-unsaturated/α-hetero) is 1. The van der Waals surface area contributed by atoms with Gasteiger partial charge in [-0.25, -0.2) is 0 Å². The monoisotopic (exact) mass is 392 g/mol. The molecule has 0 radical (unpaired) electrons. The van der Waals surface area contributed by atoms with E-state index >= 15 is 0 Å². The molecule has 24 heavy (non-hydrogen) atoms. The lowest BCUT2D eigenvalue weighted by molar-refractivity contribution is -0.131. The second-order valence-corrected chi connectivity index (χ2v) is 6.54. The van der Waals surface area contributed by atoms with Gasteiger partial charge in [0.2, 0.25) is 0 Å². The van der Waals surface area contributed by atoms with E-state index in [4.69, 9.17) is 9.47 Å². The molecule has 128 valence electrons. The second-order valence-electron chi connectivity index (χ2n) is 5.98. The van der Waals surface area contributed by atoms with Gasteiger partial charge < -0.3 is 9.47 Å². The molecule has 0 amide bonds. The predicted octanol–water partition coefficient (Wildman–Crippen LogP) is 4.77. The second kappa shape index (κ2) is 8.29. The van der Waals surface area contributed by atoms with E-state index in [9.17, 15) is 9.59 Å². The first-order valence-electron chi connectivity index (χ1n) is 7.90. The number of carbonyl (C=O) groups is 2. The smallest absolute Gasteiger partial charge is 0.308 e. The minimum absolute atomic E-state index is 0.117. The minimum atomic E-state index is -0.425. The summed E-state index contributed by atoms with van der Waals surface area (Å²) in [7, 11) is 0. The lowest BCUT2D eigenvalue weighted by Crippen LogP contribution is -2.10. The molecule has 5 heteroatoms. The van der Waals surface area contributed by atoms with Gasteiger partial charge >= 0.3 is 5.97 Å². The molecule has 0 atom stereocenters. The van der Waals surface area contributed by atoms with Crippen LogP contribution in [-0.4, -0.2) is 23.7 Å². The van der Waals surface area contributed by atoms with Crippen LogP contribution in [0.5, 0.6) is 11.5 Å². The number of fused-ring (bicyclic) bond motifs is 1. The van der Waals surface area contributed by atoms with Gasteiger partial charge in [-0.1, -0.05) is 54.0 Å². The molecule has 0 bridgehead atoms. The summed E-state index contributed by atoms with van der Waals surface area (Å²) in [6, 6.07) is 9.05. The van der Waals surface area contributed by atoms with Crippen molar-refractivity contribution in [2.75, 3.05) is 11.9 Å². The zero-order valence-electron chi connectivity index (χ0n) is 14.1. The van der Waals surface area contributed by atoms with Crippen LogP contribution in [0.15, 0.2) is 30.3 Å². The van der Waals surface area contributed by atoms with Crippen molar-refractivity contribution >= 4 is 38.5 Å². The van der Waals surface area contributed by atoms with Gasteiger partial charge in [0.15, 0.2) is 5.78 Å². The van der Waals surface area contributed by atoms with Gasteiger partial charge in [0.05, 0.1) is 17.5 Å². The largest absolute Gasteiger partial charge is 0.492 e. The average Bonchev–Trinajstić information content (AvgIpc) is 2.54. The van der Waals surface area contributed by atoms with Crippen LogP contribution >= 0.6 is 15.9 Å². The number of carbonyl (C=O) groups excluding carboxylic acids is 2. The molecule has 2 aromatic carbocycles. The van der Waals surface area contributed by atoms with Crippen molar-refractivity contribution in [3.8, 4) is 11.5 Å². The Morgan fingerprint density at radius 2 is 1.83 bits per heavy atom. The quantitative estimate of drug-likeness (QED) is 0.294. The molecular weight excluding hydrogens is 372 g/mol. The molecule has 0 aromatic heterocycles. The van der Waals surface area contributed by atoms with E-state index in [1.165, 1.54) is 6.92 Å². The van der Waals surface area contributed by atoms with Crippen molar-refractivity contribution in [2.45, 2.75) is 27.2 Å².